The first kappa shape index (κ1) is 16.6. The van der Waals surface area contributed by atoms with E-state index in [-0.39, 0.29) is 5.56 Å². The highest BCUT2D eigenvalue weighted by Crippen LogP contribution is 2.20. The summed E-state index contributed by atoms with van der Waals surface area (Å²) in [5, 5.41) is 9.16. The first-order valence-electron chi connectivity index (χ1n) is 7.93. The Kier molecular flexibility index (Phi) is 5.32. The first-order valence-corrected chi connectivity index (χ1v) is 7.93. The lowest BCUT2D eigenvalue weighted by Crippen LogP contribution is -2.03. The fraction of sp³-hybridized carbons (Fsp3) is 0.0952. The Morgan fingerprint density at radius 1 is 0.720 bits per heavy atom. The maximum absolute atomic E-state index is 11.2. The highest BCUT2D eigenvalue weighted by atomic mass is 16.5. The van der Waals surface area contributed by atoms with Crippen molar-refractivity contribution in [2.75, 3.05) is 0 Å². The Morgan fingerprint density at radius 3 is 2.04 bits per heavy atom. The van der Waals surface area contributed by atoms with Crippen molar-refractivity contribution in [3.63, 3.8) is 0 Å². The van der Waals surface area contributed by atoms with Gasteiger partial charge in [0, 0.05) is 0 Å². The van der Waals surface area contributed by atoms with Gasteiger partial charge in [-0.25, -0.2) is 4.79 Å². The molecule has 0 fully saturated rings. The summed E-state index contributed by atoms with van der Waals surface area (Å²) in [6.07, 6.45) is 0. The van der Waals surface area contributed by atoms with Crippen LogP contribution in [0.4, 0.5) is 0 Å². The van der Waals surface area contributed by atoms with E-state index in [4.69, 9.17) is 14.6 Å². The van der Waals surface area contributed by atoms with Crippen LogP contribution >= 0.6 is 0 Å². The van der Waals surface area contributed by atoms with Crippen LogP contribution in [0, 0.1) is 0 Å². The number of carboxylic acids is 1. The number of aromatic carboxylic acids is 1. The average molecular weight is 334 g/mol. The molecule has 0 aliphatic heterocycles. The molecule has 3 rings (SSSR count). The molecule has 25 heavy (non-hydrogen) atoms. The topological polar surface area (TPSA) is 55.8 Å². The van der Waals surface area contributed by atoms with Gasteiger partial charge in [0.1, 0.15) is 30.3 Å². The third-order valence-electron chi connectivity index (χ3n) is 3.68. The Hall–Kier alpha value is -3.27. The van der Waals surface area contributed by atoms with Crippen LogP contribution in [0.1, 0.15) is 21.5 Å². The van der Waals surface area contributed by atoms with Crippen LogP contribution in [-0.4, -0.2) is 11.1 Å². The van der Waals surface area contributed by atoms with E-state index >= 15 is 0 Å². The van der Waals surface area contributed by atoms with Crippen molar-refractivity contribution in [3.05, 3.63) is 95.6 Å². The number of rotatable bonds is 7. The largest absolute Gasteiger partial charge is 0.489 e. The van der Waals surface area contributed by atoms with E-state index in [9.17, 15) is 4.79 Å². The van der Waals surface area contributed by atoms with Gasteiger partial charge >= 0.3 is 5.97 Å². The van der Waals surface area contributed by atoms with Crippen LogP contribution < -0.4 is 9.47 Å². The average Bonchev–Trinajstić information content (AvgIpc) is 2.66. The van der Waals surface area contributed by atoms with Crippen molar-refractivity contribution < 1.29 is 19.4 Å². The van der Waals surface area contributed by atoms with Crippen molar-refractivity contribution in [3.8, 4) is 11.5 Å². The number of benzene rings is 3. The number of hydrogen-bond donors (Lipinski definition) is 1. The van der Waals surface area contributed by atoms with Crippen LogP contribution in [0.5, 0.6) is 11.5 Å². The normalized spacial score (nSPS) is 10.2. The van der Waals surface area contributed by atoms with Gasteiger partial charge in [0.05, 0.1) is 0 Å². The van der Waals surface area contributed by atoms with Crippen LogP contribution in [-0.2, 0) is 13.2 Å². The summed E-state index contributed by atoms with van der Waals surface area (Å²) in [7, 11) is 0. The van der Waals surface area contributed by atoms with E-state index in [1.165, 1.54) is 6.07 Å². The molecule has 1 N–H and O–H groups in total. The molecule has 0 bridgehead atoms. The molecule has 0 radical (unpaired) electrons. The van der Waals surface area contributed by atoms with Gasteiger partial charge in [-0.3, -0.25) is 0 Å². The second-order valence-corrected chi connectivity index (χ2v) is 5.51. The van der Waals surface area contributed by atoms with Crippen LogP contribution in [0.15, 0.2) is 78.9 Å². The molecule has 0 saturated heterocycles. The summed E-state index contributed by atoms with van der Waals surface area (Å²) in [5.41, 5.74) is 2.21. The van der Waals surface area contributed by atoms with Gasteiger partial charge in [-0.15, -0.1) is 0 Å². The lowest BCUT2D eigenvalue weighted by atomic mass is 10.2. The SMILES string of the molecule is O=C(O)c1ccccc1OCc1ccc(OCc2ccccc2)cc1. The number of carbonyl (C=O) groups is 1. The summed E-state index contributed by atoms with van der Waals surface area (Å²) >= 11 is 0. The zero-order chi connectivity index (χ0) is 17.5. The van der Waals surface area contributed by atoms with E-state index in [0.717, 1.165) is 16.9 Å². The molecule has 0 heterocycles. The van der Waals surface area contributed by atoms with Crippen LogP contribution in [0.25, 0.3) is 0 Å². The van der Waals surface area contributed by atoms with Gasteiger partial charge in [0.15, 0.2) is 0 Å². The zero-order valence-corrected chi connectivity index (χ0v) is 13.6. The molecule has 3 aromatic carbocycles. The Morgan fingerprint density at radius 2 is 1.32 bits per heavy atom. The summed E-state index contributed by atoms with van der Waals surface area (Å²) in [6, 6.07) is 24.1. The molecule has 0 aromatic heterocycles. The summed E-state index contributed by atoms with van der Waals surface area (Å²) in [4.78, 5) is 11.2. The Labute approximate surface area is 146 Å². The predicted octanol–water partition coefficient (Wildman–Crippen LogP) is 4.54. The molecule has 0 unspecified atom stereocenters. The Bertz CT molecular complexity index is 826. The van der Waals surface area contributed by atoms with Crippen molar-refractivity contribution in [1.82, 2.24) is 0 Å². The fourth-order valence-electron chi connectivity index (χ4n) is 2.35. The summed E-state index contributed by atoms with van der Waals surface area (Å²) < 4.78 is 11.4. The van der Waals surface area contributed by atoms with Crippen molar-refractivity contribution in [2.24, 2.45) is 0 Å². The Balaban J connectivity index is 1.57. The number of carboxylic acid groups (broad SMARTS) is 1. The van der Waals surface area contributed by atoms with Gasteiger partial charge in [0.25, 0.3) is 0 Å². The van der Waals surface area contributed by atoms with Crippen molar-refractivity contribution >= 4 is 5.97 Å². The second kappa shape index (κ2) is 8.02. The van der Waals surface area contributed by atoms with E-state index in [2.05, 4.69) is 0 Å². The van der Waals surface area contributed by atoms with E-state index in [1.54, 1.807) is 18.2 Å². The molecule has 3 aromatic rings. The van der Waals surface area contributed by atoms with Gasteiger partial charge < -0.3 is 14.6 Å². The van der Waals surface area contributed by atoms with Crippen LogP contribution in [0.3, 0.4) is 0 Å². The monoisotopic (exact) mass is 334 g/mol. The predicted molar refractivity (Wildman–Crippen MR) is 94.9 cm³/mol. The molecule has 4 heteroatoms. The molecular weight excluding hydrogens is 316 g/mol. The molecule has 126 valence electrons. The van der Waals surface area contributed by atoms with Gasteiger partial charge in [-0.1, -0.05) is 54.6 Å². The minimum atomic E-state index is -1.000. The molecule has 0 amide bonds. The standard InChI is InChI=1S/C21H18O4/c22-21(23)19-8-4-5-9-20(19)25-15-17-10-12-18(13-11-17)24-14-16-6-2-1-3-7-16/h1-13H,14-15H2,(H,22,23). The highest BCUT2D eigenvalue weighted by molar-refractivity contribution is 5.90. The number of para-hydroxylation sites is 1. The second-order valence-electron chi connectivity index (χ2n) is 5.51. The molecule has 0 aliphatic rings. The fourth-order valence-corrected chi connectivity index (χ4v) is 2.35. The maximum Gasteiger partial charge on any atom is 0.339 e. The first-order chi connectivity index (χ1) is 12.2. The summed E-state index contributed by atoms with van der Waals surface area (Å²) in [5.74, 6) is 0.137. The smallest absolute Gasteiger partial charge is 0.339 e. The van der Waals surface area contributed by atoms with Crippen molar-refractivity contribution in [1.29, 1.82) is 0 Å². The van der Waals surface area contributed by atoms with Gasteiger partial charge in [0.2, 0.25) is 0 Å². The quantitative estimate of drug-likeness (QED) is 0.689. The number of ether oxygens (including phenoxy) is 2. The maximum atomic E-state index is 11.2. The minimum Gasteiger partial charge on any atom is -0.489 e. The lowest BCUT2D eigenvalue weighted by molar-refractivity contribution is 0.0691. The van der Waals surface area contributed by atoms with Crippen LogP contribution in [0.2, 0.25) is 0 Å². The van der Waals surface area contributed by atoms with Crippen molar-refractivity contribution in [2.45, 2.75) is 13.2 Å². The van der Waals surface area contributed by atoms with E-state index in [0.29, 0.717) is 19.0 Å². The van der Waals surface area contributed by atoms with E-state index in [1.807, 2.05) is 54.6 Å². The molecule has 0 saturated carbocycles. The molecule has 0 spiro atoms. The third kappa shape index (κ3) is 4.61. The molecular formula is C21H18O4. The van der Waals surface area contributed by atoms with E-state index < -0.39 is 5.97 Å². The minimum absolute atomic E-state index is 0.158. The summed E-state index contributed by atoms with van der Waals surface area (Å²) in [6.45, 7) is 0.811. The zero-order valence-electron chi connectivity index (χ0n) is 13.6. The molecule has 0 atom stereocenters. The van der Waals surface area contributed by atoms with Gasteiger partial charge in [-0.2, -0.15) is 0 Å². The van der Waals surface area contributed by atoms with Gasteiger partial charge in [-0.05, 0) is 35.4 Å². The number of hydrogen-bond acceptors (Lipinski definition) is 3. The lowest BCUT2D eigenvalue weighted by Gasteiger charge is -2.10. The highest BCUT2D eigenvalue weighted by Gasteiger charge is 2.10. The molecule has 4 nitrogen and oxygen atoms in total. The molecule has 0 aliphatic carbocycles. The third-order valence-corrected chi connectivity index (χ3v) is 3.68.